The van der Waals surface area contributed by atoms with Gasteiger partial charge in [0.1, 0.15) is 6.04 Å². The van der Waals surface area contributed by atoms with Gasteiger partial charge in [-0.05, 0) is 29.8 Å². The van der Waals surface area contributed by atoms with Crippen LogP contribution in [0.5, 0.6) is 11.5 Å². The Morgan fingerprint density at radius 1 is 1.06 bits per heavy atom. The highest BCUT2D eigenvalue weighted by Crippen LogP contribution is 2.32. The lowest BCUT2D eigenvalue weighted by molar-refractivity contribution is -0.384. The molecule has 2 aliphatic rings. The number of hydrogen-bond donors (Lipinski definition) is 2. The number of nitrogens with one attached hydrogen (secondary N) is 1. The van der Waals surface area contributed by atoms with Crippen molar-refractivity contribution in [1.29, 1.82) is 0 Å². The fourth-order valence-corrected chi connectivity index (χ4v) is 3.86. The maximum absolute atomic E-state index is 12.9. The van der Waals surface area contributed by atoms with Crippen LogP contribution in [0.2, 0.25) is 0 Å². The van der Waals surface area contributed by atoms with Gasteiger partial charge in [0.15, 0.2) is 11.5 Å². The van der Waals surface area contributed by atoms with E-state index in [1.54, 1.807) is 35.2 Å². The highest BCUT2D eigenvalue weighted by Gasteiger charge is 2.28. The minimum Gasteiger partial charge on any atom is -0.454 e. The van der Waals surface area contributed by atoms with Crippen molar-refractivity contribution in [2.24, 2.45) is 0 Å². The summed E-state index contributed by atoms with van der Waals surface area (Å²) in [6.07, 6.45) is 0.0361. The fraction of sp³-hybridized carbons (Fsp3) is 0.364. The number of rotatable bonds is 7. The molecule has 2 heterocycles. The topological polar surface area (TPSA) is 134 Å². The van der Waals surface area contributed by atoms with Gasteiger partial charge in [-0.15, -0.1) is 0 Å². The summed E-state index contributed by atoms with van der Waals surface area (Å²) in [5.74, 6) is 0.460. The molecule has 2 aromatic rings. The number of amides is 2. The molecule has 33 heavy (non-hydrogen) atoms. The maximum atomic E-state index is 12.9. The molecule has 0 aromatic heterocycles. The van der Waals surface area contributed by atoms with Gasteiger partial charge in [0, 0.05) is 44.0 Å². The molecule has 2 aliphatic heterocycles. The van der Waals surface area contributed by atoms with Crippen LogP contribution in [0.3, 0.4) is 0 Å². The van der Waals surface area contributed by atoms with Gasteiger partial charge in [-0.3, -0.25) is 19.7 Å². The van der Waals surface area contributed by atoms with Crippen LogP contribution in [0, 0.1) is 10.1 Å². The summed E-state index contributed by atoms with van der Waals surface area (Å²) in [5, 5.41) is 23.1. The number of aliphatic hydroxyl groups is 1. The van der Waals surface area contributed by atoms with E-state index in [9.17, 15) is 24.8 Å². The van der Waals surface area contributed by atoms with Gasteiger partial charge in [-0.1, -0.05) is 6.07 Å². The molecule has 11 heteroatoms. The zero-order valence-corrected chi connectivity index (χ0v) is 17.8. The highest BCUT2D eigenvalue weighted by molar-refractivity contribution is 5.88. The van der Waals surface area contributed by atoms with Crippen LogP contribution in [0.4, 0.5) is 11.4 Å². The molecule has 1 atom stereocenters. The van der Waals surface area contributed by atoms with Gasteiger partial charge in [-0.25, -0.2) is 0 Å². The van der Waals surface area contributed by atoms with E-state index in [0.29, 0.717) is 43.2 Å². The molecule has 2 amide bonds. The predicted molar refractivity (Wildman–Crippen MR) is 117 cm³/mol. The molecule has 1 fully saturated rings. The number of carbonyl (C=O) groups is 2. The number of anilines is 1. The molecule has 0 spiro atoms. The van der Waals surface area contributed by atoms with E-state index in [2.05, 4.69) is 5.32 Å². The quantitative estimate of drug-likeness (QED) is 0.459. The standard InChI is InChI=1S/C22H24N4O7/c27-13-18(23-21(28)12-15-1-6-19-20(11-15)33-14-32-19)22(29)25-9-7-24(8-10-25)16-2-4-17(5-3-16)26(30)31/h1-6,11,18,27H,7-10,12-14H2,(H,23,28)/t18-/m0/s1. The number of non-ortho nitro benzene ring substituents is 1. The second kappa shape index (κ2) is 9.74. The Bertz CT molecular complexity index is 1040. The lowest BCUT2D eigenvalue weighted by Crippen LogP contribution is -2.56. The number of ether oxygens (including phenoxy) is 2. The largest absolute Gasteiger partial charge is 0.454 e. The Morgan fingerprint density at radius 3 is 2.42 bits per heavy atom. The summed E-state index contributed by atoms with van der Waals surface area (Å²) >= 11 is 0. The average molecular weight is 456 g/mol. The maximum Gasteiger partial charge on any atom is 0.269 e. The normalized spacial score (nSPS) is 15.8. The van der Waals surface area contributed by atoms with Gasteiger partial charge in [-0.2, -0.15) is 0 Å². The van der Waals surface area contributed by atoms with E-state index in [1.807, 2.05) is 4.90 Å². The first kappa shape index (κ1) is 22.3. The van der Waals surface area contributed by atoms with Crippen molar-refractivity contribution in [2.75, 3.05) is 44.5 Å². The lowest BCUT2D eigenvalue weighted by atomic mass is 10.1. The number of aliphatic hydroxyl groups excluding tert-OH is 1. The second-order valence-electron chi connectivity index (χ2n) is 7.75. The van der Waals surface area contributed by atoms with Crippen LogP contribution >= 0.6 is 0 Å². The number of piperazine rings is 1. The Morgan fingerprint density at radius 2 is 1.76 bits per heavy atom. The first-order valence-corrected chi connectivity index (χ1v) is 10.5. The zero-order valence-electron chi connectivity index (χ0n) is 17.8. The molecule has 1 saturated heterocycles. The van der Waals surface area contributed by atoms with Gasteiger partial charge < -0.3 is 29.7 Å². The number of carbonyl (C=O) groups excluding carboxylic acids is 2. The summed E-state index contributed by atoms with van der Waals surface area (Å²) in [5.41, 5.74) is 1.57. The van der Waals surface area contributed by atoms with Crippen molar-refractivity contribution in [1.82, 2.24) is 10.2 Å². The molecule has 2 N–H and O–H groups in total. The number of benzene rings is 2. The van der Waals surface area contributed by atoms with Crippen molar-refractivity contribution >= 4 is 23.2 Å². The smallest absolute Gasteiger partial charge is 0.269 e. The van der Waals surface area contributed by atoms with E-state index in [1.165, 1.54) is 12.1 Å². The van der Waals surface area contributed by atoms with Gasteiger partial charge >= 0.3 is 0 Å². The third kappa shape index (κ3) is 5.14. The predicted octanol–water partition coefficient (Wildman–Crippen LogP) is 0.692. The molecule has 4 rings (SSSR count). The first-order chi connectivity index (χ1) is 15.9. The number of nitro groups is 1. The molecule has 0 unspecified atom stereocenters. The van der Waals surface area contributed by atoms with Crippen molar-refractivity contribution < 1.29 is 29.1 Å². The Hall–Kier alpha value is -3.86. The zero-order chi connectivity index (χ0) is 23.4. The molecule has 0 aliphatic carbocycles. The van der Waals surface area contributed by atoms with Gasteiger partial charge in [0.2, 0.25) is 18.6 Å². The molecule has 2 aromatic carbocycles. The summed E-state index contributed by atoms with van der Waals surface area (Å²) in [6, 6.07) is 10.4. The third-order valence-electron chi connectivity index (χ3n) is 5.63. The number of fused-ring (bicyclic) bond motifs is 1. The number of nitro benzene ring substituents is 1. The summed E-state index contributed by atoms with van der Waals surface area (Å²) in [6.45, 7) is 1.52. The molecular formula is C22H24N4O7. The van der Waals surface area contributed by atoms with E-state index in [-0.39, 0.29) is 30.7 Å². The first-order valence-electron chi connectivity index (χ1n) is 10.5. The second-order valence-corrected chi connectivity index (χ2v) is 7.75. The van der Waals surface area contributed by atoms with Crippen LogP contribution in [-0.2, 0) is 16.0 Å². The fourth-order valence-electron chi connectivity index (χ4n) is 3.86. The minimum atomic E-state index is -1.03. The molecule has 0 bridgehead atoms. The van der Waals surface area contributed by atoms with Crippen LogP contribution in [0.25, 0.3) is 0 Å². The lowest BCUT2D eigenvalue weighted by Gasteiger charge is -2.37. The van der Waals surface area contributed by atoms with Crippen molar-refractivity contribution in [3.8, 4) is 11.5 Å². The SMILES string of the molecule is O=C(Cc1ccc2c(c1)OCO2)N[C@@H](CO)C(=O)N1CCN(c2ccc([N+](=O)[O-])cc2)CC1. The van der Waals surface area contributed by atoms with E-state index in [4.69, 9.17) is 9.47 Å². The number of hydrogen-bond acceptors (Lipinski definition) is 8. The summed E-state index contributed by atoms with van der Waals surface area (Å²) in [4.78, 5) is 39.3. The summed E-state index contributed by atoms with van der Waals surface area (Å²) in [7, 11) is 0. The van der Waals surface area contributed by atoms with E-state index < -0.39 is 17.6 Å². The van der Waals surface area contributed by atoms with E-state index in [0.717, 1.165) is 5.69 Å². The molecule has 11 nitrogen and oxygen atoms in total. The average Bonchev–Trinajstić information content (AvgIpc) is 3.30. The van der Waals surface area contributed by atoms with Crippen molar-refractivity contribution in [2.45, 2.75) is 12.5 Å². The summed E-state index contributed by atoms with van der Waals surface area (Å²) < 4.78 is 10.6. The Kier molecular flexibility index (Phi) is 6.59. The Balaban J connectivity index is 1.29. The van der Waals surface area contributed by atoms with Gasteiger partial charge in [0.25, 0.3) is 5.69 Å². The Labute approximate surface area is 189 Å². The van der Waals surface area contributed by atoms with Crippen LogP contribution in [0.1, 0.15) is 5.56 Å². The van der Waals surface area contributed by atoms with Gasteiger partial charge in [0.05, 0.1) is 18.0 Å². The molecule has 174 valence electrons. The number of nitrogens with zero attached hydrogens (tertiary/aromatic N) is 3. The highest BCUT2D eigenvalue weighted by atomic mass is 16.7. The molecule has 0 saturated carbocycles. The van der Waals surface area contributed by atoms with Crippen molar-refractivity contribution in [3.63, 3.8) is 0 Å². The van der Waals surface area contributed by atoms with Crippen molar-refractivity contribution in [3.05, 3.63) is 58.1 Å². The van der Waals surface area contributed by atoms with Crippen LogP contribution < -0.4 is 19.7 Å². The molecule has 0 radical (unpaired) electrons. The monoisotopic (exact) mass is 456 g/mol. The van der Waals surface area contributed by atoms with Crippen LogP contribution in [0.15, 0.2) is 42.5 Å². The molecular weight excluding hydrogens is 432 g/mol. The van der Waals surface area contributed by atoms with E-state index >= 15 is 0 Å². The third-order valence-corrected chi connectivity index (χ3v) is 5.63. The van der Waals surface area contributed by atoms with Crippen LogP contribution in [-0.4, -0.2) is 72.4 Å². The minimum absolute atomic E-state index is 0.0230.